The minimum Gasteiger partial charge on any atom is -0.335 e. The summed E-state index contributed by atoms with van der Waals surface area (Å²) in [5, 5.41) is 19.9. The fourth-order valence-corrected chi connectivity index (χ4v) is 0.676. The SMILES string of the molecule is Cc1noc(N(O)C=N)c1C. The average Bonchev–Trinajstić information content (AvgIpc) is 2.32. The molecular weight excluding hydrogens is 146 g/mol. The molecule has 0 spiro atoms. The number of hydrogen-bond donors (Lipinski definition) is 2. The zero-order valence-corrected chi connectivity index (χ0v) is 6.33. The first-order valence-corrected chi connectivity index (χ1v) is 3.08. The molecule has 0 fully saturated rings. The van der Waals surface area contributed by atoms with Crippen molar-refractivity contribution in [1.82, 2.24) is 5.16 Å². The number of aryl methyl sites for hydroxylation is 1. The zero-order chi connectivity index (χ0) is 8.43. The van der Waals surface area contributed by atoms with Crippen LogP contribution in [0.5, 0.6) is 0 Å². The summed E-state index contributed by atoms with van der Waals surface area (Å²) in [7, 11) is 0. The van der Waals surface area contributed by atoms with E-state index in [1.54, 1.807) is 13.8 Å². The third kappa shape index (κ3) is 1.22. The van der Waals surface area contributed by atoms with Crippen LogP contribution in [0.3, 0.4) is 0 Å². The Morgan fingerprint density at radius 2 is 2.27 bits per heavy atom. The van der Waals surface area contributed by atoms with E-state index in [1.807, 2.05) is 0 Å². The Kier molecular flexibility index (Phi) is 1.91. The largest absolute Gasteiger partial charge is 0.335 e. The van der Waals surface area contributed by atoms with Gasteiger partial charge in [0.05, 0.1) is 5.69 Å². The van der Waals surface area contributed by atoms with Crippen molar-refractivity contribution in [2.45, 2.75) is 13.8 Å². The number of aromatic nitrogens is 1. The summed E-state index contributed by atoms with van der Waals surface area (Å²) < 4.78 is 4.72. The van der Waals surface area contributed by atoms with Crippen LogP contribution in [0.4, 0.5) is 5.88 Å². The van der Waals surface area contributed by atoms with Crippen LogP contribution in [-0.4, -0.2) is 16.7 Å². The molecule has 0 unspecified atom stereocenters. The number of nitrogens with zero attached hydrogens (tertiary/aromatic N) is 2. The monoisotopic (exact) mass is 155 g/mol. The maximum absolute atomic E-state index is 8.98. The summed E-state index contributed by atoms with van der Waals surface area (Å²) >= 11 is 0. The topological polar surface area (TPSA) is 73.3 Å². The molecule has 0 aliphatic carbocycles. The Bertz CT molecular complexity index is 269. The van der Waals surface area contributed by atoms with Gasteiger partial charge in [0.15, 0.2) is 0 Å². The molecule has 0 saturated carbocycles. The van der Waals surface area contributed by atoms with E-state index in [-0.39, 0.29) is 5.88 Å². The molecule has 0 bridgehead atoms. The number of rotatable bonds is 2. The molecule has 11 heavy (non-hydrogen) atoms. The second-order valence-electron chi connectivity index (χ2n) is 2.17. The molecule has 1 aromatic heterocycles. The van der Waals surface area contributed by atoms with Crippen molar-refractivity contribution in [3.8, 4) is 0 Å². The van der Waals surface area contributed by atoms with Gasteiger partial charge >= 0.3 is 0 Å². The Hall–Kier alpha value is -1.36. The zero-order valence-electron chi connectivity index (χ0n) is 6.33. The summed E-state index contributed by atoms with van der Waals surface area (Å²) in [4.78, 5) is 0. The second-order valence-corrected chi connectivity index (χ2v) is 2.17. The summed E-state index contributed by atoms with van der Waals surface area (Å²) in [6.07, 6.45) is 0.743. The average molecular weight is 155 g/mol. The minimum absolute atomic E-state index is 0.192. The van der Waals surface area contributed by atoms with E-state index in [1.165, 1.54) is 0 Å². The van der Waals surface area contributed by atoms with Crippen molar-refractivity contribution in [1.29, 1.82) is 5.41 Å². The van der Waals surface area contributed by atoms with Gasteiger partial charge in [0.1, 0.15) is 6.34 Å². The molecule has 1 heterocycles. The van der Waals surface area contributed by atoms with Gasteiger partial charge in [-0.3, -0.25) is 10.6 Å². The van der Waals surface area contributed by atoms with Gasteiger partial charge in [0, 0.05) is 5.56 Å². The molecule has 0 saturated heterocycles. The Morgan fingerprint density at radius 1 is 1.64 bits per heavy atom. The second kappa shape index (κ2) is 2.71. The standard InChI is InChI=1S/C6H9N3O2/c1-4-5(2)8-11-6(4)9(10)3-7/h3,7,10H,1-2H3. The highest BCUT2D eigenvalue weighted by molar-refractivity contribution is 5.72. The fraction of sp³-hybridized carbons (Fsp3) is 0.333. The van der Waals surface area contributed by atoms with E-state index in [9.17, 15) is 0 Å². The molecular formula is C6H9N3O2. The van der Waals surface area contributed by atoms with Gasteiger partial charge in [-0.15, -0.1) is 0 Å². The van der Waals surface area contributed by atoms with Gasteiger partial charge in [0.25, 0.3) is 5.88 Å². The number of nitrogens with one attached hydrogen (secondary N) is 1. The van der Waals surface area contributed by atoms with Crippen LogP contribution in [0.25, 0.3) is 0 Å². The molecule has 5 heteroatoms. The Balaban J connectivity index is 3.03. The number of hydroxylamine groups is 1. The van der Waals surface area contributed by atoms with E-state index in [4.69, 9.17) is 15.1 Å². The van der Waals surface area contributed by atoms with Gasteiger partial charge in [0.2, 0.25) is 0 Å². The highest BCUT2D eigenvalue weighted by atomic mass is 16.6. The first-order chi connectivity index (χ1) is 5.16. The van der Waals surface area contributed by atoms with Crippen molar-refractivity contribution in [3.05, 3.63) is 11.3 Å². The molecule has 2 N–H and O–H groups in total. The predicted octanol–water partition coefficient (Wildman–Crippen LogP) is 1.09. The van der Waals surface area contributed by atoms with E-state index >= 15 is 0 Å². The van der Waals surface area contributed by atoms with Crippen LogP contribution in [0.15, 0.2) is 4.52 Å². The van der Waals surface area contributed by atoms with Gasteiger partial charge in [-0.25, -0.2) is 0 Å². The smallest absolute Gasteiger partial charge is 0.259 e. The maximum atomic E-state index is 8.98. The third-order valence-corrected chi connectivity index (χ3v) is 1.46. The lowest BCUT2D eigenvalue weighted by atomic mass is 10.3. The summed E-state index contributed by atoms with van der Waals surface area (Å²) in [6, 6.07) is 0. The molecule has 0 aliphatic heterocycles. The van der Waals surface area contributed by atoms with E-state index in [2.05, 4.69) is 5.16 Å². The van der Waals surface area contributed by atoms with Gasteiger partial charge < -0.3 is 4.52 Å². The van der Waals surface area contributed by atoms with Gasteiger partial charge in [-0.05, 0) is 13.8 Å². The highest BCUT2D eigenvalue weighted by Gasteiger charge is 2.11. The van der Waals surface area contributed by atoms with E-state index in [0.29, 0.717) is 10.8 Å². The molecule has 1 rings (SSSR count). The molecule has 0 radical (unpaired) electrons. The quantitative estimate of drug-likeness (QED) is 0.381. The van der Waals surface area contributed by atoms with Crippen LogP contribution in [0.2, 0.25) is 0 Å². The molecule has 1 aromatic rings. The third-order valence-electron chi connectivity index (χ3n) is 1.46. The molecule has 60 valence electrons. The lowest BCUT2D eigenvalue weighted by Gasteiger charge is -2.04. The van der Waals surface area contributed by atoms with Crippen molar-refractivity contribution >= 4 is 12.2 Å². The van der Waals surface area contributed by atoms with Crippen molar-refractivity contribution in [2.75, 3.05) is 5.06 Å². The van der Waals surface area contributed by atoms with Crippen LogP contribution < -0.4 is 5.06 Å². The van der Waals surface area contributed by atoms with E-state index in [0.717, 1.165) is 11.9 Å². The summed E-state index contributed by atoms with van der Waals surface area (Å²) in [5.41, 5.74) is 1.44. The summed E-state index contributed by atoms with van der Waals surface area (Å²) in [6.45, 7) is 3.52. The first-order valence-electron chi connectivity index (χ1n) is 3.08. The fourth-order valence-electron chi connectivity index (χ4n) is 0.676. The molecule has 0 amide bonds. The minimum atomic E-state index is 0.192. The van der Waals surface area contributed by atoms with Gasteiger partial charge in [-0.1, -0.05) is 5.16 Å². The first kappa shape index (κ1) is 7.74. The van der Waals surface area contributed by atoms with Crippen molar-refractivity contribution < 1.29 is 9.73 Å². The normalized spacial score (nSPS) is 9.73. The lowest BCUT2D eigenvalue weighted by Crippen LogP contribution is -2.14. The van der Waals surface area contributed by atoms with Gasteiger partial charge in [-0.2, -0.15) is 5.06 Å². The van der Waals surface area contributed by atoms with Crippen molar-refractivity contribution in [2.24, 2.45) is 0 Å². The van der Waals surface area contributed by atoms with E-state index < -0.39 is 0 Å². The molecule has 0 aromatic carbocycles. The number of anilines is 1. The number of hydrogen-bond acceptors (Lipinski definition) is 4. The van der Waals surface area contributed by atoms with Crippen molar-refractivity contribution in [3.63, 3.8) is 0 Å². The Morgan fingerprint density at radius 3 is 2.64 bits per heavy atom. The van der Waals surface area contributed by atoms with Crippen LogP contribution >= 0.6 is 0 Å². The van der Waals surface area contributed by atoms with Crippen LogP contribution in [-0.2, 0) is 0 Å². The molecule has 0 atom stereocenters. The molecule has 5 nitrogen and oxygen atoms in total. The predicted molar refractivity (Wildman–Crippen MR) is 39.0 cm³/mol. The lowest BCUT2D eigenvalue weighted by molar-refractivity contribution is 0.276. The Labute approximate surface area is 63.7 Å². The highest BCUT2D eigenvalue weighted by Crippen LogP contribution is 2.19. The molecule has 0 aliphatic rings. The maximum Gasteiger partial charge on any atom is 0.259 e. The van der Waals surface area contributed by atoms with Crippen LogP contribution in [0.1, 0.15) is 11.3 Å². The summed E-state index contributed by atoms with van der Waals surface area (Å²) in [5.74, 6) is 0.192. The van der Waals surface area contributed by atoms with Crippen LogP contribution in [0, 0.1) is 19.3 Å².